The molecule has 0 amide bonds. The number of morpholine rings is 1. The summed E-state index contributed by atoms with van der Waals surface area (Å²) in [6.07, 6.45) is -0.118. The Labute approximate surface area is 114 Å². The Bertz CT molecular complexity index is 552. The van der Waals surface area contributed by atoms with Crippen molar-refractivity contribution >= 4 is 15.7 Å². The topological polar surface area (TPSA) is 72.6 Å². The van der Waals surface area contributed by atoms with E-state index in [2.05, 4.69) is 0 Å². The van der Waals surface area contributed by atoms with Gasteiger partial charge in [-0.2, -0.15) is 4.31 Å². The Morgan fingerprint density at radius 1 is 1.32 bits per heavy atom. The maximum Gasteiger partial charge on any atom is 0.243 e. The second-order valence-electron chi connectivity index (χ2n) is 5.55. The number of benzene rings is 1. The van der Waals surface area contributed by atoms with E-state index in [9.17, 15) is 8.42 Å². The fourth-order valence-corrected chi connectivity index (χ4v) is 4.03. The molecule has 0 aliphatic carbocycles. The Morgan fingerprint density at radius 2 is 1.89 bits per heavy atom. The molecular weight excluding hydrogens is 264 g/mol. The molecule has 2 rings (SSSR count). The molecule has 2 N–H and O–H groups in total. The molecule has 0 bridgehead atoms. The molecule has 1 fully saturated rings. The molecule has 5 nitrogen and oxygen atoms in total. The lowest BCUT2D eigenvalue weighted by atomic mass is 10.1. The second-order valence-corrected chi connectivity index (χ2v) is 7.49. The van der Waals surface area contributed by atoms with Crippen LogP contribution >= 0.6 is 0 Å². The Morgan fingerprint density at radius 3 is 2.42 bits per heavy atom. The molecule has 1 aromatic carbocycles. The highest BCUT2D eigenvalue weighted by Crippen LogP contribution is 2.26. The van der Waals surface area contributed by atoms with Gasteiger partial charge in [0.15, 0.2) is 0 Å². The predicted octanol–water partition coefficient (Wildman–Crippen LogP) is 1.46. The number of hydrogen-bond donors (Lipinski definition) is 1. The number of hydrogen-bond acceptors (Lipinski definition) is 4. The second kappa shape index (κ2) is 4.77. The predicted molar refractivity (Wildman–Crippen MR) is 74.2 cm³/mol. The van der Waals surface area contributed by atoms with Crippen molar-refractivity contribution in [2.24, 2.45) is 0 Å². The highest BCUT2D eigenvalue weighted by Gasteiger charge is 2.37. The molecule has 106 valence electrons. The summed E-state index contributed by atoms with van der Waals surface area (Å²) in [5.41, 5.74) is 5.66. The zero-order valence-corrected chi connectivity index (χ0v) is 12.3. The van der Waals surface area contributed by atoms with Crippen molar-refractivity contribution in [3.63, 3.8) is 0 Å². The number of sulfonamides is 1. The van der Waals surface area contributed by atoms with Crippen LogP contribution in [0.15, 0.2) is 29.2 Å². The largest absolute Gasteiger partial charge is 0.399 e. The quantitative estimate of drug-likeness (QED) is 0.834. The third-order valence-electron chi connectivity index (χ3n) is 3.06. The van der Waals surface area contributed by atoms with E-state index in [1.54, 1.807) is 12.1 Å². The minimum atomic E-state index is -3.48. The average Bonchev–Trinajstić information content (AvgIpc) is 2.26. The third-order valence-corrected chi connectivity index (χ3v) is 4.88. The first-order valence-electron chi connectivity index (χ1n) is 6.24. The lowest BCUT2D eigenvalue weighted by molar-refractivity contribution is -0.109. The maximum atomic E-state index is 12.6. The Balaban J connectivity index is 2.31. The van der Waals surface area contributed by atoms with Gasteiger partial charge in [0.1, 0.15) is 0 Å². The molecule has 6 heteroatoms. The summed E-state index contributed by atoms with van der Waals surface area (Å²) < 4.78 is 32.3. The normalized spacial score (nSPS) is 24.3. The van der Waals surface area contributed by atoms with Gasteiger partial charge in [0.05, 0.1) is 16.6 Å². The third kappa shape index (κ3) is 3.08. The Kier molecular flexibility index (Phi) is 3.59. The van der Waals surface area contributed by atoms with Gasteiger partial charge in [0.25, 0.3) is 0 Å². The summed E-state index contributed by atoms with van der Waals surface area (Å²) in [4.78, 5) is 0.270. The van der Waals surface area contributed by atoms with Gasteiger partial charge in [-0.25, -0.2) is 8.42 Å². The van der Waals surface area contributed by atoms with Crippen LogP contribution in [0.5, 0.6) is 0 Å². The number of nitrogens with zero attached hydrogens (tertiary/aromatic N) is 1. The van der Waals surface area contributed by atoms with Crippen LogP contribution in [-0.4, -0.2) is 37.5 Å². The van der Waals surface area contributed by atoms with Crippen LogP contribution < -0.4 is 5.73 Å². The minimum absolute atomic E-state index is 0.118. The van der Waals surface area contributed by atoms with Gasteiger partial charge >= 0.3 is 0 Å². The lowest BCUT2D eigenvalue weighted by Gasteiger charge is -2.40. The summed E-state index contributed by atoms with van der Waals surface area (Å²) in [6.45, 7) is 6.40. The van der Waals surface area contributed by atoms with E-state index in [4.69, 9.17) is 10.5 Å². The van der Waals surface area contributed by atoms with Gasteiger partial charge in [-0.15, -0.1) is 0 Å². The van der Waals surface area contributed by atoms with Crippen molar-refractivity contribution in [1.29, 1.82) is 0 Å². The van der Waals surface area contributed by atoms with E-state index in [0.717, 1.165) is 0 Å². The van der Waals surface area contributed by atoms with Crippen LogP contribution in [0.1, 0.15) is 20.8 Å². The number of nitrogen functional groups attached to an aromatic ring is 1. The minimum Gasteiger partial charge on any atom is -0.399 e. The summed E-state index contributed by atoms with van der Waals surface area (Å²) in [6, 6.07) is 6.28. The van der Waals surface area contributed by atoms with E-state index in [-0.39, 0.29) is 11.0 Å². The molecule has 1 aromatic rings. The van der Waals surface area contributed by atoms with Gasteiger partial charge in [0.2, 0.25) is 10.0 Å². The molecule has 0 radical (unpaired) electrons. The van der Waals surface area contributed by atoms with E-state index >= 15 is 0 Å². The summed E-state index contributed by atoms with van der Waals surface area (Å²) >= 11 is 0. The fourth-order valence-electron chi connectivity index (χ4n) is 2.37. The molecule has 19 heavy (non-hydrogen) atoms. The molecule has 1 saturated heterocycles. The van der Waals surface area contributed by atoms with Crippen LogP contribution in [-0.2, 0) is 14.8 Å². The van der Waals surface area contributed by atoms with Crippen LogP contribution in [0.2, 0.25) is 0 Å². The zero-order valence-electron chi connectivity index (χ0n) is 11.5. The molecular formula is C13H20N2O3S. The van der Waals surface area contributed by atoms with Gasteiger partial charge in [-0.1, -0.05) is 0 Å². The molecule has 1 heterocycles. The maximum absolute atomic E-state index is 12.6. The van der Waals surface area contributed by atoms with Crippen LogP contribution in [0.4, 0.5) is 5.69 Å². The fraction of sp³-hybridized carbons (Fsp3) is 0.538. The van der Waals surface area contributed by atoms with Crippen molar-refractivity contribution in [3.05, 3.63) is 24.3 Å². The molecule has 0 aromatic heterocycles. The van der Waals surface area contributed by atoms with Crippen molar-refractivity contribution in [3.8, 4) is 0 Å². The number of ether oxygens (including phenoxy) is 1. The molecule has 1 aliphatic heterocycles. The monoisotopic (exact) mass is 284 g/mol. The standard InChI is InChI=1S/C13H20N2O3S/c1-10-8-15(9-13(2,3)18-10)19(16,17)12-6-4-11(14)5-7-12/h4-7,10H,8-9,14H2,1-3H3. The summed E-state index contributed by atoms with van der Waals surface area (Å²) in [5, 5.41) is 0. The highest BCUT2D eigenvalue weighted by molar-refractivity contribution is 7.89. The Hall–Kier alpha value is -1.11. The van der Waals surface area contributed by atoms with Gasteiger partial charge in [0, 0.05) is 18.8 Å². The molecule has 1 atom stereocenters. The molecule has 0 saturated carbocycles. The van der Waals surface area contributed by atoms with Gasteiger partial charge in [-0.3, -0.25) is 0 Å². The summed E-state index contributed by atoms with van der Waals surface area (Å²) in [5.74, 6) is 0. The van der Waals surface area contributed by atoms with Crippen molar-refractivity contribution in [2.75, 3.05) is 18.8 Å². The SMILES string of the molecule is CC1CN(S(=O)(=O)c2ccc(N)cc2)CC(C)(C)O1. The molecule has 1 unspecified atom stereocenters. The summed E-state index contributed by atoms with van der Waals surface area (Å²) in [7, 11) is -3.48. The first-order valence-corrected chi connectivity index (χ1v) is 7.68. The highest BCUT2D eigenvalue weighted by atomic mass is 32.2. The van der Waals surface area contributed by atoms with Crippen LogP contribution in [0.3, 0.4) is 0 Å². The van der Waals surface area contributed by atoms with Gasteiger partial charge < -0.3 is 10.5 Å². The molecule has 0 spiro atoms. The van der Waals surface area contributed by atoms with E-state index < -0.39 is 15.6 Å². The molecule has 1 aliphatic rings. The lowest BCUT2D eigenvalue weighted by Crippen LogP contribution is -2.53. The van der Waals surface area contributed by atoms with E-state index in [1.165, 1.54) is 16.4 Å². The number of rotatable bonds is 2. The number of nitrogens with two attached hydrogens (primary N) is 1. The van der Waals surface area contributed by atoms with Crippen molar-refractivity contribution in [2.45, 2.75) is 37.4 Å². The smallest absolute Gasteiger partial charge is 0.243 e. The van der Waals surface area contributed by atoms with E-state index in [0.29, 0.717) is 18.8 Å². The van der Waals surface area contributed by atoms with E-state index in [1.807, 2.05) is 20.8 Å². The average molecular weight is 284 g/mol. The van der Waals surface area contributed by atoms with Crippen molar-refractivity contribution < 1.29 is 13.2 Å². The zero-order chi connectivity index (χ0) is 14.3. The van der Waals surface area contributed by atoms with Crippen LogP contribution in [0, 0.1) is 0 Å². The first-order chi connectivity index (χ1) is 8.71. The number of anilines is 1. The van der Waals surface area contributed by atoms with Crippen molar-refractivity contribution in [1.82, 2.24) is 4.31 Å². The van der Waals surface area contributed by atoms with Crippen LogP contribution in [0.25, 0.3) is 0 Å². The van der Waals surface area contributed by atoms with Gasteiger partial charge in [-0.05, 0) is 45.0 Å². The first kappa shape index (κ1) is 14.3.